The molecule has 1 aromatic heterocycles. The van der Waals surface area contributed by atoms with Crippen molar-refractivity contribution in [2.24, 2.45) is 0 Å². The van der Waals surface area contributed by atoms with Gasteiger partial charge in [0.2, 0.25) is 5.75 Å². The van der Waals surface area contributed by atoms with E-state index in [1.54, 1.807) is 31.4 Å². The van der Waals surface area contributed by atoms with Crippen molar-refractivity contribution in [2.45, 2.75) is 0 Å². The molecule has 2 aromatic rings. The molecule has 0 saturated heterocycles. The number of aromatic nitrogens is 2. The maximum Gasteiger partial charge on any atom is 0.306 e. The highest BCUT2D eigenvalue weighted by atomic mass is 16.5. The van der Waals surface area contributed by atoms with Crippen LogP contribution in [0.4, 0.5) is 0 Å². The van der Waals surface area contributed by atoms with Crippen LogP contribution in [-0.2, 0) is 0 Å². The first-order chi connectivity index (χ1) is 7.20. The van der Waals surface area contributed by atoms with Gasteiger partial charge in [0.15, 0.2) is 0 Å². The summed E-state index contributed by atoms with van der Waals surface area (Å²) in [5, 5.41) is 11.6. The van der Waals surface area contributed by atoms with E-state index >= 15 is 0 Å². The molecule has 0 fully saturated rings. The summed E-state index contributed by atoms with van der Waals surface area (Å²) in [6.07, 6.45) is 1.32. The molecule has 2 rings (SSSR count). The molecule has 5 heteroatoms. The zero-order valence-corrected chi connectivity index (χ0v) is 8.10. The number of hydrogen-bond donors (Lipinski definition) is 2. The van der Waals surface area contributed by atoms with Crippen LogP contribution in [0.5, 0.6) is 11.5 Å². The lowest BCUT2D eigenvalue weighted by atomic mass is 10.3. The van der Waals surface area contributed by atoms with Gasteiger partial charge in [-0.15, -0.1) is 0 Å². The number of methoxy groups -OCH3 is 1. The number of nitrogens with zero attached hydrogens (tertiary/aromatic N) is 1. The first kappa shape index (κ1) is 9.39. The van der Waals surface area contributed by atoms with E-state index in [1.165, 1.54) is 10.9 Å². The van der Waals surface area contributed by atoms with Crippen molar-refractivity contribution in [3.63, 3.8) is 0 Å². The smallest absolute Gasteiger partial charge is 0.306 e. The number of nitrogens with one attached hydrogen (secondary N) is 1. The Morgan fingerprint density at radius 1 is 1.33 bits per heavy atom. The Kier molecular flexibility index (Phi) is 2.21. The summed E-state index contributed by atoms with van der Waals surface area (Å²) in [7, 11) is 1.58. The summed E-state index contributed by atoms with van der Waals surface area (Å²) < 4.78 is 6.44. The Labute approximate surface area is 85.5 Å². The summed E-state index contributed by atoms with van der Waals surface area (Å²) in [4.78, 5) is 11.0. The quantitative estimate of drug-likeness (QED) is 0.766. The van der Waals surface area contributed by atoms with Gasteiger partial charge in [-0.1, -0.05) is 0 Å². The third kappa shape index (κ3) is 1.71. The minimum absolute atomic E-state index is 0.300. The number of H-pyrrole nitrogens is 1. The average Bonchev–Trinajstić information content (AvgIpc) is 2.59. The third-order valence-electron chi connectivity index (χ3n) is 2.06. The van der Waals surface area contributed by atoms with E-state index in [0.29, 0.717) is 0 Å². The van der Waals surface area contributed by atoms with Gasteiger partial charge < -0.3 is 9.84 Å². The molecular weight excluding hydrogens is 196 g/mol. The lowest BCUT2D eigenvalue weighted by Crippen LogP contribution is -2.03. The lowest BCUT2D eigenvalue weighted by molar-refractivity contribution is 0.414. The van der Waals surface area contributed by atoms with Gasteiger partial charge >= 0.3 is 5.56 Å². The minimum atomic E-state index is -0.509. The Bertz CT molecular complexity index is 510. The summed E-state index contributed by atoms with van der Waals surface area (Å²) in [5.41, 5.74) is 0.235. The van der Waals surface area contributed by atoms with Gasteiger partial charge in [0.05, 0.1) is 19.0 Å². The van der Waals surface area contributed by atoms with Gasteiger partial charge in [0, 0.05) is 0 Å². The van der Waals surface area contributed by atoms with Crippen LogP contribution >= 0.6 is 0 Å². The van der Waals surface area contributed by atoms with Crippen molar-refractivity contribution >= 4 is 0 Å². The van der Waals surface area contributed by atoms with Crippen molar-refractivity contribution in [1.82, 2.24) is 9.78 Å². The molecular formula is C10H10N2O3. The normalized spacial score (nSPS) is 10.2. The highest BCUT2D eigenvalue weighted by Crippen LogP contribution is 2.14. The topological polar surface area (TPSA) is 67.2 Å². The summed E-state index contributed by atoms with van der Waals surface area (Å²) >= 11 is 0. The zero-order chi connectivity index (χ0) is 10.8. The van der Waals surface area contributed by atoms with Crippen LogP contribution < -0.4 is 10.3 Å². The molecule has 0 spiro atoms. The van der Waals surface area contributed by atoms with E-state index in [9.17, 15) is 4.79 Å². The Balaban J connectivity index is 2.41. The van der Waals surface area contributed by atoms with Gasteiger partial charge in [0.25, 0.3) is 0 Å². The molecule has 0 bridgehead atoms. The van der Waals surface area contributed by atoms with Gasteiger partial charge in [0.1, 0.15) is 5.75 Å². The van der Waals surface area contributed by atoms with Crippen LogP contribution in [0.3, 0.4) is 0 Å². The Morgan fingerprint density at radius 3 is 2.47 bits per heavy atom. The molecule has 1 aromatic carbocycles. The average molecular weight is 206 g/mol. The van der Waals surface area contributed by atoms with Crippen LogP contribution in [0.15, 0.2) is 35.3 Å². The molecule has 0 atom stereocenters. The van der Waals surface area contributed by atoms with E-state index in [0.717, 1.165) is 11.4 Å². The largest absolute Gasteiger partial charge is 0.502 e. The molecule has 0 unspecified atom stereocenters. The third-order valence-corrected chi connectivity index (χ3v) is 2.06. The number of benzene rings is 1. The highest BCUT2D eigenvalue weighted by molar-refractivity contribution is 5.37. The number of aromatic hydroxyl groups is 1. The van der Waals surface area contributed by atoms with E-state index in [1.807, 2.05) is 0 Å². The lowest BCUT2D eigenvalue weighted by Gasteiger charge is -2.03. The fraction of sp³-hybridized carbons (Fsp3) is 0.100. The molecule has 5 nitrogen and oxygen atoms in total. The minimum Gasteiger partial charge on any atom is -0.502 e. The molecule has 0 aliphatic carbocycles. The van der Waals surface area contributed by atoms with E-state index < -0.39 is 5.56 Å². The number of aromatic amines is 1. The monoisotopic (exact) mass is 206 g/mol. The van der Waals surface area contributed by atoms with Crippen molar-refractivity contribution in [3.05, 3.63) is 40.8 Å². The molecule has 0 aliphatic rings. The van der Waals surface area contributed by atoms with Gasteiger partial charge in [-0.2, -0.15) is 0 Å². The second-order valence-electron chi connectivity index (χ2n) is 3.02. The van der Waals surface area contributed by atoms with E-state index in [2.05, 4.69) is 5.10 Å². The van der Waals surface area contributed by atoms with Crippen molar-refractivity contribution in [1.29, 1.82) is 0 Å². The first-order valence-corrected chi connectivity index (χ1v) is 4.36. The second kappa shape index (κ2) is 3.53. The Hall–Kier alpha value is -2.17. The molecule has 0 radical (unpaired) electrons. The van der Waals surface area contributed by atoms with E-state index in [-0.39, 0.29) is 5.75 Å². The predicted molar refractivity (Wildman–Crippen MR) is 54.6 cm³/mol. The second-order valence-corrected chi connectivity index (χ2v) is 3.02. The van der Waals surface area contributed by atoms with Crippen LogP contribution in [0.2, 0.25) is 0 Å². The molecule has 1 heterocycles. The maximum absolute atomic E-state index is 11.0. The van der Waals surface area contributed by atoms with Crippen molar-refractivity contribution in [2.75, 3.05) is 7.11 Å². The molecule has 0 aliphatic heterocycles. The van der Waals surface area contributed by atoms with Crippen molar-refractivity contribution < 1.29 is 9.84 Å². The molecule has 78 valence electrons. The van der Waals surface area contributed by atoms with Crippen LogP contribution in [0, 0.1) is 0 Å². The van der Waals surface area contributed by atoms with Gasteiger partial charge in [-0.3, -0.25) is 14.6 Å². The van der Waals surface area contributed by atoms with Gasteiger partial charge in [-0.05, 0) is 24.3 Å². The number of hydrogen-bond acceptors (Lipinski definition) is 3. The van der Waals surface area contributed by atoms with Crippen LogP contribution in [0.25, 0.3) is 5.69 Å². The first-order valence-electron chi connectivity index (χ1n) is 4.36. The van der Waals surface area contributed by atoms with Crippen molar-refractivity contribution in [3.8, 4) is 17.2 Å². The van der Waals surface area contributed by atoms with Crippen LogP contribution in [-0.4, -0.2) is 22.0 Å². The number of rotatable bonds is 2. The zero-order valence-electron chi connectivity index (χ0n) is 8.10. The van der Waals surface area contributed by atoms with Gasteiger partial charge in [-0.25, -0.2) is 0 Å². The Morgan fingerprint density at radius 2 is 2.00 bits per heavy atom. The fourth-order valence-corrected chi connectivity index (χ4v) is 1.26. The number of ether oxygens (including phenoxy) is 1. The fourth-order valence-electron chi connectivity index (χ4n) is 1.26. The van der Waals surface area contributed by atoms with Crippen LogP contribution in [0.1, 0.15) is 0 Å². The molecule has 15 heavy (non-hydrogen) atoms. The molecule has 0 saturated carbocycles. The summed E-state index contributed by atoms with van der Waals surface area (Å²) in [6, 6.07) is 7.08. The maximum atomic E-state index is 11.0. The standard InChI is InChI=1S/C10H10N2O3/c1-15-8-4-2-7(3-5-8)12-6-9(13)10(14)11-12/h2-6,13H,1H3,(H,11,14). The molecule has 2 N–H and O–H groups in total. The predicted octanol–water partition coefficient (Wildman–Crippen LogP) is 0.880. The van der Waals surface area contributed by atoms with E-state index in [4.69, 9.17) is 9.84 Å². The SMILES string of the molecule is COc1ccc(-n2cc(O)c(=O)[nH]2)cc1. The summed E-state index contributed by atoms with van der Waals surface area (Å²) in [5.74, 6) is 0.434. The molecule has 0 amide bonds. The summed E-state index contributed by atoms with van der Waals surface area (Å²) in [6.45, 7) is 0. The highest BCUT2D eigenvalue weighted by Gasteiger charge is 2.02.